The van der Waals surface area contributed by atoms with Crippen LogP contribution in [-0.4, -0.2) is 12.6 Å². The third kappa shape index (κ3) is 4.76. The molecule has 0 aromatic heterocycles. The van der Waals surface area contributed by atoms with Crippen LogP contribution in [0.1, 0.15) is 24.5 Å². The van der Waals surface area contributed by atoms with Gasteiger partial charge in [0.05, 0.1) is 11.6 Å². The Morgan fingerprint density at radius 2 is 2.11 bits per heavy atom. The van der Waals surface area contributed by atoms with E-state index in [1.54, 1.807) is 6.07 Å². The molecule has 0 bridgehead atoms. The molecule has 0 aliphatic heterocycles. The van der Waals surface area contributed by atoms with Gasteiger partial charge in [-0.05, 0) is 25.0 Å². The summed E-state index contributed by atoms with van der Waals surface area (Å²) in [5.74, 6) is 0. The number of halogens is 3. The molecule has 5 heteroatoms. The molecule has 0 saturated carbocycles. The lowest BCUT2D eigenvalue weighted by atomic mass is 10.0. The second-order valence-corrected chi connectivity index (χ2v) is 4.17. The molecule has 1 N–H and O–H groups in total. The molecule has 0 amide bonds. The Bertz CT molecular complexity index is 421. The molecule has 1 aromatic rings. The molecule has 0 aliphatic carbocycles. The van der Waals surface area contributed by atoms with Crippen LogP contribution in [-0.2, 0) is 12.6 Å². The largest absolute Gasteiger partial charge is 0.416 e. The Morgan fingerprint density at radius 3 is 2.72 bits per heavy atom. The van der Waals surface area contributed by atoms with Crippen LogP contribution in [0.3, 0.4) is 0 Å². The zero-order valence-corrected chi connectivity index (χ0v) is 10.1. The van der Waals surface area contributed by atoms with Gasteiger partial charge in [0.25, 0.3) is 0 Å². The Hall–Kier alpha value is -1.54. The maximum absolute atomic E-state index is 12.5. The molecule has 0 aliphatic rings. The number of hydrogen-bond donors (Lipinski definition) is 1. The van der Waals surface area contributed by atoms with E-state index >= 15 is 0 Å². The van der Waals surface area contributed by atoms with Gasteiger partial charge in [0.15, 0.2) is 0 Å². The summed E-state index contributed by atoms with van der Waals surface area (Å²) >= 11 is 0. The average molecular weight is 256 g/mol. The van der Waals surface area contributed by atoms with E-state index in [9.17, 15) is 13.2 Å². The SMILES string of the molecule is CC(Cc1cccc(C(F)(F)F)c1)NCCC#N. The van der Waals surface area contributed by atoms with E-state index in [-0.39, 0.29) is 6.04 Å². The van der Waals surface area contributed by atoms with Crippen molar-refractivity contribution >= 4 is 0 Å². The maximum atomic E-state index is 12.5. The van der Waals surface area contributed by atoms with E-state index < -0.39 is 11.7 Å². The zero-order chi connectivity index (χ0) is 13.6. The van der Waals surface area contributed by atoms with Crippen molar-refractivity contribution in [1.29, 1.82) is 5.26 Å². The van der Waals surface area contributed by atoms with Crippen molar-refractivity contribution in [2.75, 3.05) is 6.54 Å². The fraction of sp³-hybridized carbons (Fsp3) is 0.462. The fourth-order valence-corrected chi connectivity index (χ4v) is 1.67. The predicted octanol–water partition coefficient (Wildman–Crippen LogP) is 3.14. The highest BCUT2D eigenvalue weighted by molar-refractivity contribution is 5.26. The van der Waals surface area contributed by atoms with Crippen LogP contribution in [0, 0.1) is 11.3 Å². The number of hydrogen-bond acceptors (Lipinski definition) is 2. The normalized spacial score (nSPS) is 13.1. The lowest BCUT2D eigenvalue weighted by molar-refractivity contribution is -0.137. The molecule has 1 unspecified atom stereocenters. The molecule has 18 heavy (non-hydrogen) atoms. The predicted molar refractivity (Wildman–Crippen MR) is 62.8 cm³/mol. The van der Waals surface area contributed by atoms with Gasteiger partial charge in [0.1, 0.15) is 0 Å². The summed E-state index contributed by atoms with van der Waals surface area (Å²) < 4.78 is 37.5. The third-order valence-electron chi connectivity index (χ3n) is 2.53. The van der Waals surface area contributed by atoms with E-state index in [1.165, 1.54) is 12.1 Å². The fourth-order valence-electron chi connectivity index (χ4n) is 1.67. The first-order valence-electron chi connectivity index (χ1n) is 5.70. The van der Waals surface area contributed by atoms with Gasteiger partial charge in [0.2, 0.25) is 0 Å². The lowest BCUT2D eigenvalue weighted by Gasteiger charge is -2.14. The van der Waals surface area contributed by atoms with Crippen LogP contribution in [0.25, 0.3) is 0 Å². The second kappa shape index (κ2) is 6.41. The first-order chi connectivity index (χ1) is 8.43. The van der Waals surface area contributed by atoms with Gasteiger partial charge in [-0.3, -0.25) is 0 Å². The van der Waals surface area contributed by atoms with Crippen LogP contribution in [0.5, 0.6) is 0 Å². The van der Waals surface area contributed by atoms with Gasteiger partial charge < -0.3 is 5.32 Å². The standard InChI is InChI=1S/C13H15F3N2/c1-10(18-7-3-6-17)8-11-4-2-5-12(9-11)13(14,15)16/h2,4-5,9-10,18H,3,7-8H2,1H3. The van der Waals surface area contributed by atoms with E-state index in [1.807, 2.05) is 13.0 Å². The molecule has 0 fully saturated rings. The first kappa shape index (κ1) is 14.5. The molecule has 1 rings (SSSR count). The molecule has 0 spiro atoms. The van der Waals surface area contributed by atoms with Crippen molar-refractivity contribution in [2.45, 2.75) is 32.0 Å². The van der Waals surface area contributed by atoms with Gasteiger partial charge in [-0.2, -0.15) is 18.4 Å². The molecule has 0 saturated heterocycles. The molecule has 98 valence electrons. The van der Waals surface area contributed by atoms with Crippen molar-refractivity contribution in [1.82, 2.24) is 5.32 Å². The third-order valence-corrected chi connectivity index (χ3v) is 2.53. The van der Waals surface area contributed by atoms with Gasteiger partial charge in [-0.25, -0.2) is 0 Å². The van der Waals surface area contributed by atoms with E-state index in [4.69, 9.17) is 5.26 Å². The van der Waals surface area contributed by atoms with Crippen LogP contribution in [0.2, 0.25) is 0 Å². The first-order valence-corrected chi connectivity index (χ1v) is 5.70. The van der Waals surface area contributed by atoms with E-state index in [0.29, 0.717) is 24.9 Å². The molecule has 0 radical (unpaired) electrons. The monoisotopic (exact) mass is 256 g/mol. The van der Waals surface area contributed by atoms with Crippen molar-refractivity contribution in [2.24, 2.45) is 0 Å². The summed E-state index contributed by atoms with van der Waals surface area (Å²) in [7, 11) is 0. The minimum atomic E-state index is -4.30. The average Bonchev–Trinajstić information content (AvgIpc) is 2.28. The van der Waals surface area contributed by atoms with Crippen LogP contribution in [0.15, 0.2) is 24.3 Å². The summed E-state index contributed by atoms with van der Waals surface area (Å²) in [6, 6.07) is 7.38. The molecular formula is C13H15F3N2. The summed E-state index contributed by atoms with van der Waals surface area (Å²) in [6.07, 6.45) is -3.39. The Morgan fingerprint density at radius 1 is 1.39 bits per heavy atom. The molecular weight excluding hydrogens is 241 g/mol. The quantitative estimate of drug-likeness (QED) is 0.821. The van der Waals surface area contributed by atoms with Gasteiger partial charge in [-0.15, -0.1) is 0 Å². The molecule has 0 heterocycles. The van der Waals surface area contributed by atoms with E-state index in [2.05, 4.69) is 5.32 Å². The summed E-state index contributed by atoms with van der Waals surface area (Å²) in [6.45, 7) is 2.44. The Kier molecular flexibility index (Phi) is 5.17. The Labute approximate surface area is 104 Å². The number of rotatable bonds is 5. The van der Waals surface area contributed by atoms with Crippen LogP contribution in [0.4, 0.5) is 13.2 Å². The molecule has 1 aromatic carbocycles. The Balaban J connectivity index is 2.60. The highest BCUT2D eigenvalue weighted by Crippen LogP contribution is 2.29. The number of nitriles is 1. The summed E-state index contributed by atoms with van der Waals surface area (Å²) in [5.41, 5.74) is 0.0195. The smallest absolute Gasteiger partial charge is 0.313 e. The molecule has 1 atom stereocenters. The highest BCUT2D eigenvalue weighted by atomic mass is 19.4. The van der Waals surface area contributed by atoms with Crippen LogP contribution < -0.4 is 5.32 Å². The number of benzene rings is 1. The highest BCUT2D eigenvalue weighted by Gasteiger charge is 2.30. The summed E-state index contributed by atoms with van der Waals surface area (Å²) in [4.78, 5) is 0. The topological polar surface area (TPSA) is 35.8 Å². The van der Waals surface area contributed by atoms with Gasteiger partial charge in [-0.1, -0.05) is 18.2 Å². The maximum Gasteiger partial charge on any atom is 0.416 e. The second-order valence-electron chi connectivity index (χ2n) is 4.17. The van der Waals surface area contributed by atoms with Crippen molar-refractivity contribution in [3.63, 3.8) is 0 Å². The van der Waals surface area contributed by atoms with Crippen molar-refractivity contribution < 1.29 is 13.2 Å². The lowest BCUT2D eigenvalue weighted by Crippen LogP contribution is -2.28. The number of alkyl halides is 3. The minimum absolute atomic E-state index is 0.0434. The number of nitrogens with zero attached hydrogens (tertiary/aromatic N) is 1. The van der Waals surface area contributed by atoms with Crippen molar-refractivity contribution in [3.8, 4) is 6.07 Å². The van der Waals surface area contributed by atoms with Gasteiger partial charge in [0, 0.05) is 19.0 Å². The molecule has 2 nitrogen and oxygen atoms in total. The summed E-state index contributed by atoms with van der Waals surface area (Å²) in [5, 5.41) is 11.5. The van der Waals surface area contributed by atoms with Crippen LogP contribution >= 0.6 is 0 Å². The van der Waals surface area contributed by atoms with Crippen molar-refractivity contribution in [3.05, 3.63) is 35.4 Å². The zero-order valence-electron chi connectivity index (χ0n) is 10.1. The minimum Gasteiger partial charge on any atom is -0.313 e. The number of nitrogens with one attached hydrogen (secondary N) is 1. The van der Waals surface area contributed by atoms with E-state index in [0.717, 1.165) is 6.07 Å². The van der Waals surface area contributed by atoms with Gasteiger partial charge >= 0.3 is 6.18 Å².